The van der Waals surface area contributed by atoms with Crippen molar-refractivity contribution >= 4 is 23.3 Å². The topological polar surface area (TPSA) is 209 Å². The van der Waals surface area contributed by atoms with E-state index in [-0.39, 0.29) is 16.9 Å². The molecule has 2 aromatic rings. The molecule has 278 valence electrons. The molecule has 1 amide bonds. The van der Waals surface area contributed by atoms with Crippen LogP contribution in [0.2, 0.25) is 0 Å². The summed E-state index contributed by atoms with van der Waals surface area (Å²) in [5.41, 5.74) is -5.61. The highest BCUT2D eigenvalue weighted by Gasteiger charge is 2.76. The SMILES string of the molecule is COc1cccc2c1C(=O)c1c(O)c3c(c(O)c1C2=O)C[C@@](O)(C(=O)CO)C[C@@H]3OC1CC(NC(=O)C(F)(F)C(F)(F)C(F)(F)F)C(O)C(C)O1. The Morgan fingerprint density at radius 1 is 1.02 bits per heavy atom. The van der Waals surface area contributed by atoms with E-state index in [9.17, 15) is 75.4 Å². The van der Waals surface area contributed by atoms with Gasteiger partial charge < -0.3 is 45.1 Å². The summed E-state index contributed by atoms with van der Waals surface area (Å²) in [6.07, 6.45) is -16.8. The molecule has 0 aromatic heterocycles. The Labute approximate surface area is 281 Å². The van der Waals surface area contributed by atoms with E-state index in [0.29, 0.717) is 0 Å². The highest BCUT2D eigenvalue weighted by atomic mass is 19.4. The smallest absolute Gasteiger partial charge is 0.460 e. The van der Waals surface area contributed by atoms with E-state index < -0.39 is 137 Å². The van der Waals surface area contributed by atoms with Crippen LogP contribution in [0.4, 0.5) is 30.7 Å². The second-order valence-corrected chi connectivity index (χ2v) is 12.2. The van der Waals surface area contributed by atoms with Gasteiger partial charge in [-0.25, -0.2) is 0 Å². The molecule has 13 nitrogen and oxygen atoms in total. The van der Waals surface area contributed by atoms with Crippen LogP contribution in [0.15, 0.2) is 18.2 Å². The lowest BCUT2D eigenvalue weighted by Gasteiger charge is -2.43. The summed E-state index contributed by atoms with van der Waals surface area (Å²) in [7, 11) is 1.19. The van der Waals surface area contributed by atoms with Crippen LogP contribution in [0.1, 0.15) is 68.8 Å². The molecule has 4 unspecified atom stereocenters. The number of hydrogen-bond acceptors (Lipinski definition) is 12. The highest BCUT2D eigenvalue weighted by Crippen LogP contribution is 2.53. The molecular weight excluding hydrogens is 711 g/mol. The summed E-state index contributed by atoms with van der Waals surface area (Å²) in [5.74, 6) is -21.6. The molecule has 5 rings (SSSR count). The van der Waals surface area contributed by atoms with Crippen molar-refractivity contribution in [2.24, 2.45) is 0 Å². The van der Waals surface area contributed by atoms with Crippen molar-refractivity contribution in [3.8, 4) is 17.2 Å². The van der Waals surface area contributed by atoms with Gasteiger partial charge in [0.25, 0.3) is 5.91 Å². The number of aliphatic hydroxyl groups is 3. The summed E-state index contributed by atoms with van der Waals surface area (Å²) in [6, 6.07) is 1.89. The van der Waals surface area contributed by atoms with Crippen LogP contribution in [-0.2, 0) is 25.5 Å². The van der Waals surface area contributed by atoms with Gasteiger partial charge in [-0.1, -0.05) is 12.1 Å². The van der Waals surface area contributed by atoms with Gasteiger partial charge in [0.15, 0.2) is 17.9 Å². The molecular formula is C31H28F7NO12. The van der Waals surface area contributed by atoms with Crippen molar-refractivity contribution in [3.63, 3.8) is 0 Å². The average molecular weight is 740 g/mol. The van der Waals surface area contributed by atoms with Gasteiger partial charge in [0.05, 0.1) is 42.0 Å². The van der Waals surface area contributed by atoms with Gasteiger partial charge in [-0.3, -0.25) is 19.2 Å². The van der Waals surface area contributed by atoms with Crippen LogP contribution in [0.5, 0.6) is 17.2 Å². The maximum atomic E-state index is 14.1. The molecule has 0 spiro atoms. The normalized spacial score (nSPS) is 26.5. The van der Waals surface area contributed by atoms with Gasteiger partial charge in [0, 0.05) is 36.0 Å². The molecule has 3 aliphatic rings. The third-order valence-electron chi connectivity index (χ3n) is 9.11. The minimum absolute atomic E-state index is 0.0846. The second kappa shape index (κ2) is 12.7. The first-order valence-electron chi connectivity index (χ1n) is 14.9. The quantitative estimate of drug-likeness (QED) is 0.145. The summed E-state index contributed by atoms with van der Waals surface area (Å²) < 4.78 is 110. The minimum Gasteiger partial charge on any atom is -0.507 e. The fraction of sp³-hybridized carbons (Fsp3) is 0.484. The van der Waals surface area contributed by atoms with Crippen molar-refractivity contribution in [2.75, 3.05) is 13.7 Å². The van der Waals surface area contributed by atoms with Crippen molar-refractivity contribution in [1.82, 2.24) is 5.32 Å². The van der Waals surface area contributed by atoms with Gasteiger partial charge in [-0.2, -0.15) is 30.7 Å². The molecule has 0 saturated carbocycles. The number of aliphatic hydroxyl groups excluding tert-OH is 2. The Balaban J connectivity index is 1.56. The van der Waals surface area contributed by atoms with E-state index in [0.717, 1.165) is 6.92 Å². The number of benzene rings is 2. The largest absolute Gasteiger partial charge is 0.507 e. The molecule has 2 aromatic carbocycles. The van der Waals surface area contributed by atoms with Crippen molar-refractivity contribution in [3.05, 3.63) is 51.6 Å². The summed E-state index contributed by atoms with van der Waals surface area (Å²) in [5, 5.41) is 55.5. The van der Waals surface area contributed by atoms with Gasteiger partial charge in [-0.15, -0.1) is 0 Å². The predicted molar refractivity (Wildman–Crippen MR) is 152 cm³/mol. The fourth-order valence-corrected chi connectivity index (χ4v) is 6.44. The van der Waals surface area contributed by atoms with E-state index in [1.54, 1.807) is 0 Å². The fourth-order valence-electron chi connectivity index (χ4n) is 6.44. The first-order valence-corrected chi connectivity index (χ1v) is 14.9. The Bertz CT molecular complexity index is 1820. The van der Waals surface area contributed by atoms with E-state index >= 15 is 0 Å². The Hall–Kier alpha value is -4.37. The third-order valence-corrected chi connectivity index (χ3v) is 9.11. The lowest BCUT2D eigenvalue weighted by atomic mass is 9.72. The van der Waals surface area contributed by atoms with Crippen molar-refractivity contribution in [2.45, 2.75) is 80.5 Å². The number of ether oxygens (including phenoxy) is 3. The number of fused-ring (bicyclic) bond motifs is 3. The number of methoxy groups -OCH3 is 1. The van der Waals surface area contributed by atoms with Crippen molar-refractivity contribution < 1.29 is 89.7 Å². The third kappa shape index (κ3) is 5.87. The molecule has 1 aliphatic heterocycles. The van der Waals surface area contributed by atoms with Crippen molar-refractivity contribution in [1.29, 1.82) is 0 Å². The number of halogens is 7. The number of carbonyl (C=O) groups is 4. The van der Waals surface area contributed by atoms with Crippen LogP contribution in [0, 0.1) is 0 Å². The number of alkyl halides is 7. The summed E-state index contributed by atoms with van der Waals surface area (Å²) in [6.45, 7) is -0.202. The molecule has 1 saturated heterocycles. The zero-order valence-electron chi connectivity index (χ0n) is 26.2. The minimum atomic E-state index is -6.84. The van der Waals surface area contributed by atoms with E-state index in [1.807, 2.05) is 0 Å². The van der Waals surface area contributed by atoms with Crippen LogP contribution < -0.4 is 10.1 Å². The number of Topliss-reactive ketones (excluding diaryl/α,β-unsaturated/α-hetero) is 1. The van der Waals surface area contributed by atoms with Crippen LogP contribution in [-0.4, -0.2) is 111 Å². The molecule has 1 heterocycles. The Morgan fingerprint density at radius 2 is 1.65 bits per heavy atom. The highest BCUT2D eigenvalue weighted by molar-refractivity contribution is 6.31. The molecule has 51 heavy (non-hydrogen) atoms. The number of rotatable bonds is 8. The number of carbonyl (C=O) groups excluding carboxylic acids is 4. The lowest BCUT2D eigenvalue weighted by Crippen LogP contribution is -2.63. The molecule has 0 radical (unpaired) electrons. The predicted octanol–water partition coefficient (Wildman–Crippen LogP) is 1.99. The maximum absolute atomic E-state index is 14.1. The number of ketones is 3. The Morgan fingerprint density at radius 3 is 2.24 bits per heavy atom. The Kier molecular flexibility index (Phi) is 9.42. The number of phenols is 2. The van der Waals surface area contributed by atoms with Gasteiger partial charge in [-0.05, 0) is 13.0 Å². The average Bonchev–Trinajstić information content (AvgIpc) is 3.05. The summed E-state index contributed by atoms with van der Waals surface area (Å²) >= 11 is 0. The van der Waals surface area contributed by atoms with Gasteiger partial charge >= 0.3 is 18.0 Å². The van der Waals surface area contributed by atoms with Crippen LogP contribution in [0.25, 0.3) is 0 Å². The molecule has 6 N–H and O–H groups in total. The first kappa shape index (κ1) is 37.9. The maximum Gasteiger partial charge on any atom is 0.460 e. The summed E-state index contributed by atoms with van der Waals surface area (Å²) in [4.78, 5) is 52.1. The monoisotopic (exact) mass is 739 g/mol. The number of nitrogens with one attached hydrogen (secondary N) is 1. The van der Waals surface area contributed by atoms with Gasteiger partial charge in [0.2, 0.25) is 5.78 Å². The van der Waals surface area contributed by atoms with Crippen LogP contribution >= 0.6 is 0 Å². The zero-order valence-corrected chi connectivity index (χ0v) is 26.2. The number of aromatic hydroxyl groups is 2. The van der Waals surface area contributed by atoms with Crippen LogP contribution in [0.3, 0.4) is 0 Å². The number of amides is 1. The van der Waals surface area contributed by atoms with E-state index in [4.69, 9.17) is 14.2 Å². The lowest BCUT2D eigenvalue weighted by molar-refractivity contribution is -0.344. The molecule has 6 atom stereocenters. The van der Waals surface area contributed by atoms with E-state index in [1.165, 1.54) is 30.6 Å². The second-order valence-electron chi connectivity index (χ2n) is 12.2. The molecule has 20 heteroatoms. The van der Waals surface area contributed by atoms with Gasteiger partial charge in [0.1, 0.15) is 35.6 Å². The molecule has 2 aliphatic carbocycles. The number of hydrogen-bond donors (Lipinski definition) is 6. The number of phenolic OH excluding ortho intramolecular Hbond substituents is 2. The molecule has 0 bridgehead atoms. The molecule has 1 fully saturated rings. The first-order chi connectivity index (χ1) is 23.5. The standard InChI is InChI=1S/C31H28F7NO12/c1-10-22(42)13(39-27(47)29(32,33)30(34,35)31(36,37)38)6-17(50-10)51-15-8-28(48,16(41)9-40)7-12-19(15)26(46)21-20(24(12)44)23(43)11-4-3-5-14(49-2)18(11)25(21)45/h3-5,10,13,15,17,22,40,42,44,46,48H,6-9H2,1-2H3,(H,39,47)/t10?,13?,15-,17?,22?,28-/m0/s1. The zero-order chi connectivity index (χ0) is 38.2. The van der Waals surface area contributed by atoms with E-state index in [2.05, 4.69) is 0 Å².